The second-order valence-electron chi connectivity index (χ2n) is 14.6. The first-order valence-electron chi connectivity index (χ1n) is 17.8. The summed E-state index contributed by atoms with van der Waals surface area (Å²) in [5.41, 5.74) is 5.25. The van der Waals surface area contributed by atoms with Crippen LogP contribution in [0.3, 0.4) is 0 Å². The molecule has 8 atom stereocenters. The highest BCUT2D eigenvalue weighted by Crippen LogP contribution is 2.65. The normalized spacial score (nSPS) is 34.3. The molecule has 4 aliphatic carbocycles. The Kier molecular flexibility index (Phi) is 7.10. The number of benzene rings is 2. The van der Waals surface area contributed by atoms with E-state index in [1.54, 1.807) is 28.4 Å². The minimum absolute atomic E-state index is 0.00574. The zero-order chi connectivity index (χ0) is 33.7. The van der Waals surface area contributed by atoms with Gasteiger partial charge in [-0.25, -0.2) is 4.79 Å². The Morgan fingerprint density at radius 3 is 2.00 bits per heavy atom. The van der Waals surface area contributed by atoms with Gasteiger partial charge in [-0.15, -0.1) is 0 Å². The van der Waals surface area contributed by atoms with E-state index in [9.17, 15) is 4.79 Å². The standard InChI is InChI=1S/C21H25NO5.C18H21NO3/c1-4-26-20(23)22-10-9-21-13-6-8-16(25-3)19(21)27-18-15(24-2)7-5-12(17(18)21)11-14(13)22;1-20-13-5-3-10-9-12-11-4-6-14(21-2)17-18(11,7-8-19-12)15(10)16(13)22-17/h5,7-8,13-14,19H,4,6,9-11H2,1-3H3;3,5-6,11-12,17,19H,4,7-9H2,1-2H3. The molecule has 49 heavy (non-hydrogen) atoms. The molecule has 2 saturated heterocycles. The van der Waals surface area contributed by atoms with E-state index in [-0.39, 0.29) is 35.2 Å². The number of ether oxygens (including phenoxy) is 7. The SMILES string of the molecule is CCOC(=O)N1CCC23c4c5ccc(OC)c4OC2C(OC)=CCC3C1C5.COC1=CCC2C3Cc4ccc(OC)c5c4C2(CCN3)C1O5. The predicted octanol–water partition coefficient (Wildman–Crippen LogP) is 5.19. The van der Waals surface area contributed by atoms with Gasteiger partial charge >= 0.3 is 6.09 Å². The zero-order valence-corrected chi connectivity index (χ0v) is 29.0. The van der Waals surface area contributed by atoms with Crippen molar-refractivity contribution in [2.75, 3.05) is 48.1 Å². The molecule has 4 heterocycles. The van der Waals surface area contributed by atoms with Crippen molar-refractivity contribution in [1.29, 1.82) is 0 Å². The van der Waals surface area contributed by atoms with Crippen LogP contribution >= 0.6 is 0 Å². The Morgan fingerprint density at radius 2 is 1.41 bits per heavy atom. The Hall–Kier alpha value is -4.05. The molecule has 10 rings (SSSR count). The van der Waals surface area contributed by atoms with Crippen LogP contribution in [-0.4, -0.2) is 83.4 Å². The van der Waals surface area contributed by atoms with E-state index in [1.807, 2.05) is 24.0 Å². The summed E-state index contributed by atoms with van der Waals surface area (Å²) >= 11 is 0. The third-order valence-electron chi connectivity index (χ3n) is 13.1. The van der Waals surface area contributed by atoms with Gasteiger partial charge in [0.1, 0.15) is 11.5 Å². The molecule has 2 aromatic carbocycles. The van der Waals surface area contributed by atoms with E-state index < -0.39 is 0 Å². The second-order valence-corrected chi connectivity index (χ2v) is 14.6. The van der Waals surface area contributed by atoms with Crippen LogP contribution in [0.4, 0.5) is 4.79 Å². The fourth-order valence-corrected chi connectivity index (χ4v) is 11.3. The smallest absolute Gasteiger partial charge is 0.410 e. The van der Waals surface area contributed by atoms with Gasteiger partial charge in [0.05, 0.1) is 40.5 Å². The molecule has 2 fully saturated rings. The quantitative estimate of drug-likeness (QED) is 0.461. The van der Waals surface area contributed by atoms with Gasteiger partial charge in [0.25, 0.3) is 0 Å². The van der Waals surface area contributed by atoms with Crippen molar-refractivity contribution in [2.45, 2.75) is 80.6 Å². The summed E-state index contributed by atoms with van der Waals surface area (Å²) in [5.74, 6) is 6.21. The van der Waals surface area contributed by atoms with E-state index in [0.717, 1.165) is 79.6 Å². The largest absolute Gasteiger partial charge is 0.497 e. The third-order valence-corrected chi connectivity index (χ3v) is 13.1. The molecule has 8 unspecified atom stereocenters. The average Bonchev–Trinajstić information content (AvgIpc) is 3.65. The van der Waals surface area contributed by atoms with E-state index in [0.29, 0.717) is 31.0 Å². The molecule has 0 saturated carbocycles. The molecule has 1 amide bonds. The summed E-state index contributed by atoms with van der Waals surface area (Å²) < 4.78 is 40.9. The summed E-state index contributed by atoms with van der Waals surface area (Å²) in [5, 5.41) is 3.73. The van der Waals surface area contributed by atoms with Crippen LogP contribution < -0.4 is 24.3 Å². The zero-order valence-electron chi connectivity index (χ0n) is 29.0. The number of likely N-dealkylation sites (tertiary alicyclic amines) is 1. The number of amides is 1. The van der Waals surface area contributed by atoms with E-state index in [4.69, 9.17) is 33.2 Å². The van der Waals surface area contributed by atoms with E-state index in [1.165, 1.54) is 22.3 Å². The number of methoxy groups -OCH3 is 4. The predicted molar refractivity (Wildman–Crippen MR) is 181 cm³/mol. The van der Waals surface area contributed by atoms with Gasteiger partial charge in [0.2, 0.25) is 0 Å². The number of hydrogen-bond acceptors (Lipinski definition) is 9. The van der Waals surface area contributed by atoms with Gasteiger partial charge in [-0.05, 0) is 99.2 Å². The Labute approximate surface area is 287 Å². The van der Waals surface area contributed by atoms with Crippen molar-refractivity contribution in [3.63, 3.8) is 0 Å². The lowest BCUT2D eigenvalue weighted by Gasteiger charge is -2.56. The maximum absolute atomic E-state index is 12.6. The number of allylic oxidation sites excluding steroid dienone is 2. The summed E-state index contributed by atoms with van der Waals surface area (Å²) in [6.07, 6.45) is 9.81. The molecular formula is C39H46N2O8. The number of rotatable bonds is 5. The highest BCUT2D eigenvalue weighted by Gasteiger charge is 2.66. The van der Waals surface area contributed by atoms with Crippen molar-refractivity contribution in [3.8, 4) is 23.0 Å². The van der Waals surface area contributed by atoms with Crippen LogP contribution in [0.5, 0.6) is 23.0 Å². The van der Waals surface area contributed by atoms with Crippen molar-refractivity contribution < 1.29 is 38.0 Å². The van der Waals surface area contributed by atoms with E-state index >= 15 is 0 Å². The minimum Gasteiger partial charge on any atom is -0.497 e. The molecule has 1 N–H and O–H groups in total. The molecule has 0 aromatic heterocycles. The Bertz CT molecular complexity index is 1770. The van der Waals surface area contributed by atoms with Crippen LogP contribution in [0.15, 0.2) is 47.9 Å². The number of carbonyl (C=O) groups is 1. The Morgan fingerprint density at radius 1 is 0.816 bits per heavy atom. The summed E-state index contributed by atoms with van der Waals surface area (Å²) in [7, 11) is 6.87. The monoisotopic (exact) mass is 670 g/mol. The van der Waals surface area contributed by atoms with Crippen LogP contribution in [0.25, 0.3) is 0 Å². The van der Waals surface area contributed by atoms with Crippen molar-refractivity contribution in [3.05, 3.63) is 70.2 Å². The maximum Gasteiger partial charge on any atom is 0.410 e. The first kappa shape index (κ1) is 31.0. The lowest BCUT2D eigenvalue weighted by Crippen LogP contribution is -2.65. The van der Waals surface area contributed by atoms with Crippen LogP contribution in [0.1, 0.15) is 54.9 Å². The topological polar surface area (TPSA) is 97.0 Å². The first-order chi connectivity index (χ1) is 23.9. The third kappa shape index (κ3) is 3.95. The van der Waals surface area contributed by atoms with Crippen LogP contribution in [-0.2, 0) is 37.9 Å². The number of hydrogen-bond donors (Lipinski definition) is 1. The van der Waals surface area contributed by atoms with Crippen molar-refractivity contribution in [2.24, 2.45) is 11.8 Å². The number of piperidine rings is 2. The fourth-order valence-electron chi connectivity index (χ4n) is 11.3. The van der Waals surface area contributed by atoms with Gasteiger partial charge in [-0.1, -0.05) is 12.1 Å². The van der Waals surface area contributed by atoms with Crippen LogP contribution in [0.2, 0.25) is 0 Å². The molecule has 4 bridgehead atoms. The molecule has 8 aliphatic rings. The molecule has 4 aliphatic heterocycles. The lowest BCUT2D eigenvalue weighted by atomic mass is 9.53. The molecule has 2 aromatic rings. The van der Waals surface area contributed by atoms with Gasteiger partial charge in [0.15, 0.2) is 35.2 Å². The number of nitrogens with one attached hydrogen (secondary N) is 1. The Balaban J connectivity index is 0.000000135. The first-order valence-corrected chi connectivity index (χ1v) is 17.8. The molecule has 10 nitrogen and oxygen atoms in total. The summed E-state index contributed by atoms with van der Waals surface area (Å²) in [4.78, 5) is 14.5. The van der Waals surface area contributed by atoms with E-state index in [2.05, 4.69) is 29.6 Å². The maximum atomic E-state index is 12.6. The molecule has 260 valence electrons. The molecule has 0 radical (unpaired) electrons. The van der Waals surface area contributed by atoms with Crippen molar-refractivity contribution in [1.82, 2.24) is 10.2 Å². The minimum atomic E-state index is -0.202. The highest BCUT2D eigenvalue weighted by atomic mass is 16.6. The average molecular weight is 671 g/mol. The number of nitrogens with zero attached hydrogens (tertiary/aromatic N) is 1. The van der Waals surface area contributed by atoms with Gasteiger partial charge in [0, 0.05) is 35.2 Å². The van der Waals surface area contributed by atoms with Crippen LogP contribution in [0, 0.1) is 11.8 Å². The van der Waals surface area contributed by atoms with Gasteiger partial charge < -0.3 is 43.4 Å². The van der Waals surface area contributed by atoms with Gasteiger partial charge in [-0.2, -0.15) is 0 Å². The highest BCUT2D eigenvalue weighted by molar-refractivity contribution is 5.70. The van der Waals surface area contributed by atoms with Crippen molar-refractivity contribution >= 4 is 6.09 Å². The molecule has 2 spiro atoms. The van der Waals surface area contributed by atoms with Gasteiger partial charge in [-0.3, -0.25) is 0 Å². The molecular weight excluding hydrogens is 624 g/mol. The fraction of sp³-hybridized carbons (Fsp3) is 0.564. The number of carbonyl (C=O) groups excluding carboxylic acids is 1. The lowest BCUT2D eigenvalue weighted by molar-refractivity contribution is -0.0332. The summed E-state index contributed by atoms with van der Waals surface area (Å²) in [6, 6.07) is 9.05. The second kappa shape index (κ2) is 11.2. The summed E-state index contributed by atoms with van der Waals surface area (Å²) in [6.45, 7) is 3.98. The molecule has 10 heteroatoms.